The maximum atomic E-state index is 13.2. The van der Waals surface area contributed by atoms with Crippen LogP contribution in [0.1, 0.15) is 24.2 Å². The average molecular weight is 503 g/mol. The Kier molecular flexibility index (Phi) is 6.76. The van der Waals surface area contributed by atoms with Crippen LogP contribution in [0.4, 0.5) is 5.13 Å². The second-order valence-electron chi connectivity index (χ2n) is 8.69. The molecule has 0 amide bonds. The summed E-state index contributed by atoms with van der Waals surface area (Å²) in [5, 5.41) is 6.34. The van der Waals surface area contributed by atoms with Crippen LogP contribution in [0.25, 0.3) is 16.9 Å². The number of nitrogens with one attached hydrogen (secondary N) is 1. The average Bonchev–Trinajstić information content (AvgIpc) is 3.59. The molecule has 0 unspecified atom stereocenters. The lowest BCUT2D eigenvalue weighted by molar-refractivity contribution is 0.0730. The van der Waals surface area contributed by atoms with Crippen molar-refractivity contribution in [2.45, 2.75) is 37.7 Å². The van der Waals surface area contributed by atoms with E-state index in [2.05, 4.69) is 21.3 Å². The first kappa shape index (κ1) is 23.5. The van der Waals surface area contributed by atoms with E-state index in [4.69, 9.17) is 14.5 Å². The number of nitrogens with zero attached hydrogens (tertiary/aromatic N) is 3. The molecule has 1 N–H and O–H groups in total. The highest BCUT2D eigenvalue weighted by atomic mass is 32.2. The minimum atomic E-state index is -3.56. The largest absolute Gasteiger partial charge is 0.379 e. The molecule has 0 radical (unpaired) electrons. The fourth-order valence-electron chi connectivity index (χ4n) is 4.62. The number of aromatic nitrogens is 2. The number of ether oxygens (including phenoxy) is 2. The summed E-state index contributed by atoms with van der Waals surface area (Å²) in [6.45, 7) is 7.31. The number of hydrogen-bond donors (Lipinski definition) is 1. The third kappa shape index (κ3) is 4.65. The predicted molar refractivity (Wildman–Crippen MR) is 133 cm³/mol. The van der Waals surface area contributed by atoms with Gasteiger partial charge in [0.15, 0.2) is 5.13 Å². The van der Waals surface area contributed by atoms with Gasteiger partial charge in [-0.3, -0.25) is 0 Å². The van der Waals surface area contributed by atoms with E-state index in [0.717, 1.165) is 59.5 Å². The summed E-state index contributed by atoms with van der Waals surface area (Å²) in [5.41, 5.74) is 4.82. The highest BCUT2D eigenvalue weighted by molar-refractivity contribution is 7.89. The van der Waals surface area contributed by atoms with Crippen molar-refractivity contribution in [2.75, 3.05) is 44.8 Å². The van der Waals surface area contributed by atoms with Crippen LogP contribution in [0.15, 0.2) is 40.6 Å². The van der Waals surface area contributed by atoms with Crippen molar-refractivity contribution < 1.29 is 17.9 Å². The zero-order chi connectivity index (χ0) is 23.7. The third-order valence-electron chi connectivity index (χ3n) is 6.40. The molecule has 2 fully saturated rings. The van der Waals surface area contributed by atoms with E-state index in [9.17, 15) is 8.42 Å². The van der Waals surface area contributed by atoms with Crippen LogP contribution in [0, 0.1) is 13.8 Å². The number of aryl methyl sites for hydroxylation is 1. The number of thiazole rings is 1. The highest BCUT2D eigenvalue weighted by Gasteiger charge is 2.27. The summed E-state index contributed by atoms with van der Waals surface area (Å²) < 4.78 is 40.9. The Morgan fingerprint density at radius 3 is 2.76 bits per heavy atom. The first-order valence-corrected chi connectivity index (χ1v) is 13.9. The van der Waals surface area contributed by atoms with Gasteiger partial charge in [0, 0.05) is 54.3 Å². The van der Waals surface area contributed by atoms with Crippen LogP contribution >= 0.6 is 11.3 Å². The Morgan fingerprint density at radius 2 is 2.00 bits per heavy atom. The summed E-state index contributed by atoms with van der Waals surface area (Å²) in [6.07, 6.45) is 2.47. The topological polar surface area (TPSA) is 85.7 Å². The molecular weight excluding hydrogens is 472 g/mol. The second kappa shape index (κ2) is 9.79. The molecule has 5 rings (SSSR count). The fourth-order valence-corrected chi connectivity index (χ4v) is 6.79. The maximum Gasteiger partial charge on any atom is 0.243 e. The lowest BCUT2D eigenvalue weighted by atomic mass is 10.2. The Bertz CT molecular complexity index is 1260. The van der Waals surface area contributed by atoms with Gasteiger partial charge in [-0.2, -0.15) is 4.31 Å². The van der Waals surface area contributed by atoms with E-state index in [-0.39, 0.29) is 6.10 Å². The van der Waals surface area contributed by atoms with Crippen LogP contribution in [-0.2, 0) is 19.5 Å². The van der Waals surface area contributed by atoms with Gasteiger partial charge in [0.05, 0.1) is 29.9 Å². The molecule has 2 aliphatic heterocycles. The number of rotatable bonds is 7. The molecule has 10 heteroatoms. The van der Waals surface area contributed by atoms with Gasteiger partial charge < -0.3 is 19.4 Å². The zero-order valence-corrected chi connectivity index (χ0v) is 21.1. The van der Waals surface area contributed by atoms with E-state index in [1.807, 2.05) is 19.9 Å². The zero-order valence-electron chi connectivity index (χ0n) is 19.5. The molecule has 2 aliphatic rings. The summed E-state index contributed by atoms with van der Waals surface area (Å²) in [7, 11) is -3.56. The molecule has 0 saturated carbocycles. The Hall–Kier alpha value is -2.24. The van der Waals surface area contributed by atoms with Crippen molar-refractivity contribution in [3.05, 3.63) is 47.1 Å². The fraction of sp³-hybridized carbons (Fsp3) is 0.458. The van der Waals surface area contributed by atoms with Gasteiger partial charge in [0.2, 0.25) is 10.0 Å². The van der Waals surface area contributed by atoms with Crippen molar-refractivity contribution in [3.63, 3.8) is 0 Å². The van der Waals surface area contributed by atoms with Gasteiger partial charge >= 0.3 is 0 Å². The molecule has 1 atom stereocenters. The highest BCUT2D eigenvalue weighted by Crippen LogP contribution is 2.32. The quantitative estimate of drug-likeness (QED) is 0.529. The van der Waals surface area contributed by atoms with Crippen molar-refractivity contribution >= 4 is 26.5 Å². The van der Waals surface area contributed by atoms with Gasteiger partial charge in [-0.05, 0) is 51.0 Å². The normalized spacial score (nSPS) is 19.5. The van der Waals surface area contributed by atoms with Gasteiger partial charge in [-0.15, -0.1) is 11.3 Å². The Balaban J connectivity index is 1.40. The van der Waals surface area contributed by atoms with E-state index in [0.29, 0.717) is 31.2 Å². The Labute approximate surface area is 204 Å². The molecule has 34 heavy (non-hydrogen) atoms. The summed E-state index contributed by atoms with van der Waals surface area (Å²) in [4.78, 5) is 5.09. The standard InChI is InChI=1S/C24H30N4O4S2/c1-17-13-22(23-16-33-24(26-23)25-15-20-6-4-10-32-20)18(2)28(17)19-5-3-7-21(14-19)34(29,30)27-8-11-31-12-9-27/h3,5,7,13-14,16,20H,4,6,8-12,15H2,1-2H3,(H,25,26)/t20-/m0/s1. The molecule has 0 bridgehead atoms. The van der Waals surface area contributed by atoms with Crippen LogP contribution in [0.3, 0.4) is 0 Å². The second-order valence-corrected chi connectivity index (χ2v) is 11.5. The van der Waals surface area contributed by atoms with Crippen molar-refractivity contribution in [3.8, 4) is 16.9 Å². The summed E-state index contributed by atoms with van der Waals surface area (Å²) in [6, 6.07) is 9.27. The van der Waals surface area contributed by atoms with Crippen LogP contribution < -0.4 is 5.32 Å². The molecule has 182 valence electrons. The first-order valence-electron chi connectivity index (χ1n) is 11.6. The van der Waals surface area contributed by atoms with E-state index < -0.39 is 10.0 Å². The molecule has 8 nitrogen and oxygen atoms in total. The molecular formula is C24H30N4O4S2. The van der Waals surface area contributed by atoms with E-state index >= 15 is 0 Å². The van der Waals surface area contributed by atoms with E-state index in [1.54, 1.807) is 29.5 Å². The number of anilines is 1. The van der Waals surface area contributed by atoms with Crippen molar-refractivity contribution in [2.24, 2.45) is 0 Å². The number of hydrogen-bond acceptors (Lipinski definition) is 7. The van der Waals surface area contributed by atoms with Crippen molar-refractivity contribution in [1.82, 2.24) is 13.9 Å². The smallest absolute Gasteiger partial charge is 0.243 e. The van der Waals surface area contributed by atoms with Crippen LogP contribution in [0.2, 0.25) is 0 Å². The van der Waals surface area contributed by atoms with Crippen molar-refractivity contribution in [1.29, 1.82) is 0 Å². The summed E-state index contributed by atoms with van der Waals surface area (Å²) >= 11 is 1.59. The first-order chi connectivity index (χ1) is 16.4. The lowest BCUT2D eigenvalue weighted by Gasteiger charge is -2.26. The van der Waals surface area contributed by atoms with E-state index in [1.165, 1.54) is 4.31 Å². The maximum absolute atomic E-state index is 13.2. The van der Waals surface area contributed by atoms with Gasteiger partial charge in [-0.1, -0.05) is 6.07 Å². The number of benzene rings is 1. The minimum absolute atomic E-state index is 0.262. The summed E-state index contributed by atoms with van der Waals surface area (Å²) in [5.74, 6) is 0. The lowest BCUT2D eigenvalue weighted by Crippen LogP contribution is -2.40. The molecule has 1 aromatic carbocycles. The molecule has 0 aliphatic carbocycles. The molecule has 2 saturated heterocycles. The number of sulfonamides is 1. The van der Waals surface area contributed by atoms with Crippen LogP contribution in [0.5, 0.6) is 0 Å². The SMILES string of the molecule is Cc1cc(-c2csc(NC[C@@H]3CCCO3)n2)c(C)n1-c1cccc(S(=O)(=O)N2CCOCC2)c1. The van der Waals surface area contributed by atoms with Gasteiger partial charge in [0.25, 0.3) is 0 Å². The third-order valence-corrected chi connectivity index (χ3v) is 9.09. The van der Waals surface area contributed by atoms with Gasteiger partial charge in [-0.25, -0.2) is 13.4 Å². The minimum Gasteiger partial charge on any atom is -0.379 e. The number of morpholine rings is 1. The molecule has 3 aromatic rings. The van der Waals surface area contributed by atoms with Crippen LogP contribution in [-0.4, -0.2) is 67.8 Å². The predicted octanol–water partition coefficient (Wildman–Crippen LogP) is 3.83. The molecule has 0 spiro atoms. The molecule has 2 aromatic heterocycles. The molecule has 4 heterocycles. The monoisotopic (exact) mass is 502 g/mol. The Morgan fingerprint density at radius 1 is 1.18 bits per heavy atom. The van der Waals surface area contributed by atoms with Gasteiger partial charge in [0.1, 0.15) is 0 Å².